The molecule has 0 radical (unpaired) electrons. The van der Waals surface area contributed by atoms with Crippen LogP contribution in [0.25, 0.3) is 0 Å². The Hall–Kier alpha value is -3.60. The van der Waals surface area contributed by atoms with E-state index in [4.69, 9.17) is 9.47 Å². The van der Waals surface area contributed by atoms with Crippen molar-refractivity contribution in [3.8, 4) is 11.5 Å². The van der Waals surface area contributed by atoms with Gasteiger partial charge in [-0.1, -0.05) is 18.2 Å². The first-order valence-electron chi connectivity index (χ1n) is 8.81. The van der Waals surface area contributed by atoms with E-state index in [-0.39, 0.29) is 5.91 Å². The first-order chi connectivity index (χ1) is 13.5. The van der Waals surface area contributed by atoms with E-state index in [2.05, 4.69) is 5.32 Å². The molecule has 0 atom stereocenters. The number of ether oxygens (including phenoxy) is 2. The molecule has 3 aromatic rings. The Labute approximate surface area is 163 Å². The van der Waals surface area contributed by atoms with Crippen molar-refractivity contribution < 1.29 is 19.1 Å². The highest BCUT2D eigenvalue weighted by molar-refractivity contribution is 6.04. The molecule has 3 aromatic carbocycles. The van der Waals surface area contributed by atoms with Gasteiger partial charge in [-0.3, -0.25) is 4.79 Å². The number of nitrogens with one attached hydrogen (secondary N) is 1. The molecule has 28 heavy (non-hydrogen) atoms. The predicted molar refractivity (Wildman–Crippen MR) is 108 cm³/mol. The van der Waals surface area contributed by atoms with Gasteiger partial charge in [-0.2, -0.15) is 0 Å². The molecule has 0 aliphatic heterocycles. The van der Waals surface area contributed by atoms with Crippen molar-refractivity contribution in [3.63, 3.8) is 0 Å². The first-order valence-corrected chi connectivity index (χ1v) is 8.81. The molecule has 1 amide bonds. The summed E-state index contributed by atoms with van der Waals surface area (Å²) in [5.41, 5.74) is 3.69. The fourth-order valence-electron chi connectivity index (χ4n) is 2.66. The molecule has 0 saturated heterocycles. The molecule has 5 heteroatoms. The van der Waals surface area contributed by atoms with Gasteiger partial charge in [0.2, 0.25) is 0 Å². The molecule has 3 rings (SSSR count). The topological polar surface area (TPSA) is 64.6 Å². The summed E-state index contributed by atoms with van der Waals surface area (Å²) < 4.78 is 10.5. The van der Waals surface area contributed by atoms with E-state index >= 15 is 0 Å². The molecular weight excluding hydrogens is 354 g/mol. The summed E-state index contributed by atoms with van der Waals surface area (Å²) in [7, 11) is 1.53. The number of aryl methyl sites for hydroxylation is 2. The first kappa shape index (κ1) is 19.2. The lowest BCUT2D eigenvalue weighted by Gasteiger charge is -2.10. The number of carbonyl (C=O) groups excluding carboxylic acids is 2. The zero-order valence-corrected chi connectivity index (χ0v) is 16.0. The molecule has 0 aliphatic rings. The van der Waals surface area contributed by atoms with Crippen LogP contribution in [0, 0.1) is 13.8 Å². The summed E-state index contributed by atoms with van der Waals surface area (Å²) in [6.07, 6.45) is 0. The maximum atomic E-state index is 12.5. The lowest BCUT2D eigenvalue weighted by Crippen LogP contribution is -2.13. The van der Waals surface area contributed by atoms with Crippen LogP contribution >= 0.6 is 0 Å². The molecule has 0 saturated carbocycles. The Balaban J connectivity index is 1.68. The number of benzene rings is 3. The Kier molecular flexibility index (Phi) is 5.75. The maximum absolute atomic E-state index is 12.5. The lowest BCUT2D eigenvalue weighted by molar-refractivity contribution is 0.0734. The van der Waals surface area contributed by atoms with E-state index in [0.717, 1.165) is 16.8 Å². The van der Waals surface area contributed by atoms with Crippen LogP contribution in [0.4, 0.5) is 5.69 Å². The van der Waals surface area contributed by atoms with Gasteiger partial charge < -0.3 is 14.8 Å². The van der Waals surface area contributed by atoms with Gasteiger partial charge in [-0.25, -0.2) is 4.79 Å². The molecule has 0 unspecified atom stereocenters. The SMILES string of the molecule is COc1cccc(C(=O)Oc2ccc(C(=O)Nc3cc(C)ccc3C)cc2)c1. The van der Waals surface area contributed by atoms with Crippen molar-refractivity contribution in [2.45, 2.75) is 13.8 Å². The largest absolute Gasteiger partial charge is 0.497 e. The summed E-state index contributed by atoms with van der Waals surface area (Å²) in [5.74, 6) is 0.217. The van der Waals surface area contributed by atoms with Gasteiger partial charge in [0.1, 0.15) is 11.5 Å². The zero-order chi connectivity index (χ0) is 20.1. The average molecular weight is 375 g/mol. The van der Waals surface area contributed by atoms with Crippen LogP contribution in [0.1, 0.15) is 31.8 Å². The Morgan fingerprint density at radius 2 is 1.57 bits per heavy atom. The van der Waals surface area contributed by atoms with Gasteiger partial charge >= 0.3 is 5.97 Å². The molecule has 142 valence electrons. The fraction of sp³-hybridized carbons (Fsp3) is 0.130. The number of hydrogen-bond donors (Lipinski definition) is 1. The molecule has 0 aromatic heterocycles. The Bertz CT molecular complexity index is 1010. The maximum Gasteiger partial charge on any atom is 0.343 e. The molecule has 0 spiro atoms. The van der Waals surface area contributed by atoms with Crippen molar-refractivity contribution in [2.75, 3.05) is 12.4 Å². The van der Waals surface area contributed by atoms with Gasteiger partial charge in [0.15, 0.2) is 0 Å². The highest BCUT2D eigenvalue weighted by Gasteiger charge is 2.12. The van der Waals surface area contributed by atoms with Crippen LogP contribution in [0.2, 0.25) is 0 Å². The van der Waals surface area contributed by atoms with E-state index in [0.29, 0.717) is 22.6 Å². The van der Waals surface area contributed by atoms with Crippen molar-refractivity contribution in [2.24, 2.45) is 0 Å². The van der Waals surface area contributed by atoms with E-state index in [1.54, 1.807) is 48.5 Å². The van der Waals surface area contributed by atoms with Crippen LogP contribution in [-0.4, -0.2) is 19.0 Å². The second-order valence-electron chi connectivity index (χ2n) is 6.42. The quantitative estimate of drug-likeness (QED) is 0.515. The second-order valence-corrected chi connectivity index (χ2v) is 6.42. The normalized spacial score (nSPS) is 10.2. The van der Waals surface area contributed by atoms with Crippen LogP contribution in [0.15, 0.2) is 66.7 Å². The number of carbonyl (C=O) groups is 2. The number of esters is 1. The van der Waals surface area contributed by atoms with Crippen LogP contribution in [-0.2, 0) is 0 Å². The third kappa shape index (κ3) is 4.57. The molecular formula is C23H21NO4. The number of hydrogen-bond acceptors (Lipinski definition) is 4. The van der Waals surface area contributed by atoms with Crippen LogP contribution in [0.3, 0.4) is 0 Å². The minimum absolute atomic E-state index is 0.223. The smallest absolute Gasteiger partial charge is 0.343 e. The fourth-order valence-corrected chi connectivity index (χ4v) is 2.66. The summed E-state index contributed by atoms with van der Waals surface area (Å²) in [6.45, 7) is 3.91. The molecule has 0 heterocycles. The van der Waals surface area contributed by atoms with E-state index in [9.17, 15) is 9.59 Å². The molecule has 0 aliphatic carbocycles. The van der Waals surface area contributed by atoms with Crippen molar-refractivity contribution >= 4 is 17.6 Å². The second kappa shape index (κ2) is 8.39. The lowest BCUT2D eigenvalue weighted by atomic mass is 10.1. The van der Waals surface area contributed by atoms with E-state index in [1.807, 2.05) is 32.0 Å². The average Bonchev–Trinajstić information content (AvgIpc) is 2.71. The van der Waals surface area contributed by atoms with Gasteiger partial charge in [0, 0.05) is 11.3 Å². The Morgan fingerprint density at radius 3 is 2.29 bits per heavy atom. The van der Waals surface area contributed by atoms with Gasteiger partial charge in [-0.15, -0.1) is 0 Å². The molecule has 0 bridgehead atoms. The number of methoxy groups -OCH3 is 1. The highest BCUT2D eigenvalue weighted by atomic mass is 16.5. The van der Waals surface area contributed by atoms with Crippen molar-refractivity contribution in [1.82, 2.24) is 0 Å². The third-order valence-corrected chi connectivity index (χ3v) is 4.27. The minimum atomic E-state index is -0.494. The van der Waals surface area contributed by atoms with E-state index in [1.165, 1.54) is 7.11 Å². The monoisotopic (exact) mass is 375 g/mol. The number of rotatable bonds is 5. The molecule has 0 fully saturated rings. The van der Waals surface area contributed by atoms with E-state index < -0.39 is 5.97 Å². The summed E-state index contributed by atoms with van der Waals surface area (Å²) >= 11 is 0. The van der Waals surface area contributed by atoms with Crippen LogP contribution < -0.4 is 14.8 Å². The summed E-state index contributed by atoms with van der Waals surface area (Å²) in [4.78, 5) is 24.7. The zero-order valence-electron chi connectivity index (χ0n) is 16.0. The minimum Gasteiger partial charge on any atom is -0.497 e. The molecule has 5 nitrogen and oxygen atoms in total. The predicted octanol–water partition coefficient (Wildman–Crippen LogP) is 4.78. The third-order valence-electron chi connectivity index (χ3n) is 4.27. The van der Waals surface area contributed by atoms with Crippen LogP contribution in [0.5, 0.6) is 11.5 Å². The molecule has 1 N–H and O–H groups in total. The van der Waals surface area contributed by atoms with Crippen molar-refractivity contribution in [3.05, 3.63) is 89.0 Å². The highest BCUT2D eigenvalue weighted by Crippen LogP contribution is 2.20. The standard InChI is InChI=1S/C23H21NO4/c1-15-7-8-16(2)21(13-15)24-22(25)17-9-11-19(12-10-17)28-23(26)18-5-4-6-20(14-18)27-3/h4-14H,1-3H3,(H,24,25). The number of anilines is 1. The Morgan fingerprint density at radius 1 is 0.821 bits per heavy atom. The van der Waals surface area contributed by atoms with Gasteiger partial charge in [0.05, 0.1) is 12.7 Å². The summed E-state index contributed by atoms with van der Waals surface area (Å²) in [6, 6.07) is 19.0. The van der Waals surface area contributed by atoms with Gasteiger partial charge in [-0.05, 0) is 73.5 Å². The van der Waals surface area contributed by atoms with Crippen molar-refractivity contribution in [1.29, 1.82) is 0 Å². The number of amides is 1. The van der Waals surface area contributed by atoms with Gasteiger partial charge in [0.25, 0.3) is 5.91 Å². The summed E-state index contributed by atoms with van der Waals surface area (Å²) in [5, 5.41) is 2.91.